The van der Waals surface area contributed by atoms with Gasteiger partial charge < -0.3 is 20.4 Å². The van der Waals surface area contributed by atoms with Gasteiger partial charge in [-0.15, -0.1) is 0 Å². The molecule has 156 valence electrons. The summed E-state index contributed by atoms with van der Waals surface area (Å²) in [7, 11) is 1.78. The van der Waals surface area contributed by atoms with Gasteiger partial charge in [-0.3, -0.25) is 14.6 Å². The second-order valence-electron chi connectivity index (χ2n) is 7.60. The van der Waals surface area contributed by atoms with E-state index >= 15 is 0 Å². The van der Waals surface area contributed by atoms with Crippen LogP contribution in [-0.2, 0) is 9.59 Å². The Morgan fingerprint density at radius 2 is 1.52 bits per heavy atom. The predicted octanol–water partition coefficient (Wildman–Crippen LogP) is 1.84. The molecule has 2 amide bonds. The van der Waals surface area contributed by atoms with Gasteiger partial charge in [-0.1, -0.05) is 27.2 Å². The van der Waals surface area contributed by atoms with Gasteiger partial charge in [-0.2, -0.15) is 0 Å². The maximum Gasteiger partial charge on any atom is 0.222 e. The van der Waals surface area contributed by atoms with Crippen LogP contribution in [0, 0.1) is 5.92 Å². The lowest BCUT2D eigenvalue weighted by atomic mass is 10.1. The van der Waals surface area contributed by atoms with E-state index in [1.54, 1.807) is 7.05 Å². The van der Waals surface area contributed by atoms with Crippen molar-refractivity contribution in [3.05, 3.63) is 0 Å². The van der Waals surface area contributed by atoms with Crippen LogP contribution in [0.3, 0.4) is 0 Å². The van der Waals surface area contributed by atoms with Crippen LogP contribution < -0.4 is 10.6 Å². The molecule has 7 nitrogen and oxygen atoms in total. The van der Waals surface area contributed by atoms with Crippen LogP contribution in [0.15, 0.2) is 4.99 Å². The van der Waals surface area contributed by atoms with Crippen LogP contribution in [-0.4, -0.2) is 73.9 Å². The number of nitrogens with one attached hydrogen (secondary N) is 2. The number of piperazine rings is 1. The highest BCUT2D eigenvalue weighted by atomic mass is 16.2. The van der Waals surface area contributed by atoms with Crippen molar-refractivity contribution in [2.24, 2.45) is 10.9 Å². The van der Waals surface area contributed by atoms with Crippen molar-refractivity contribution in [1.82, 2.24) is 20.4 Å². The fraction of sp³-hybridized carbons (Fsp3) is 0.850. The van der Waals surface area contributed by atoms with Crippen LogP contribution in [0.5, 0.6) is 0 Å². The third-order valence-electron chi connectivity index (χ3n) is 4.69. The third-order valence-corrected chi connectivity index (χ3v) is 4.69. The first kappa shape index (κ1) is 23.2. The number of rotatable bonds is 10. The average Bonchev–Trinajstić information content (AvgIpc) is 2.66. The lowest BCUT2D eigenvalue weighted by Crippen LogP contribution is -2.50. The van der Waals surface area contributed by atoms with Gasteiger partial charge in [0.1, 0.15) is 0 Å². The summed E-state index contributed by atoms with van der Waals surface area (Å²) in [6.45, 7) is 10.7. The molecule has 1 rings (SSSR count). The summed E-state index contributed by atoms with van der Waals surface area (Å²) in [4.78, 5) is 32.4. The molecule has 7 heteroatoms. The molecule has 1 saturated heterocycles. The molecule has 0 aromatic carbocycles. The van der Waals surface area contributed by atoms with Gasteiger partial charge in [0, 0.05) is 59.2 Å². The summed E-state index contributed by atoms with van der Waals surface area (Å²) in [5.74, 6) is 1.67. The number of carbonyl (C=O) groups excluding carboxylic acids is 2. The highest BCUT2D eigenvalue weighted by Crippen LogP contribution is 2.10. The SMILES string of the molecule is CCCNC(=NC)NCCCCCC(=O)N1CCN(C(=O)CC(C)C)CC1. The molecule has 0 aromatic rings. The monoisotopic (exact) mass is 381 g/mol. The van der Waals surface area contributed by atoms with E-state index in [4.69, 9.17) is 0 Å². The minimum atomic E-state index is 0.216. The fourth-order valence-electron chi connectivity index (χ4n) is 3.09. The molecule has 0 unspecified atom stereocenters. The van der Waals surface area contributed by atoms with Crippen molar-refractivity contribution >= 4 is 17.8 Å². The molecule has 0 aliphatic carbocycles. The molecule has 1 aliphatic heterocycles. The topological polar surface area (TPSA) is 77.0 Å². The molecule has 27 heavy (non-hydrogen) atoms. The van der Waals surface area contributed by atoms with Crippen LogP contribution in [0.25, 0.3) is 0 Å². The van der Waals surface area contributed by atoms with E-state index in [0.29, 0.717) is 44.9 Å². The van der Waals surface area contributed by atoms with Crippen molar-refractivity contribution in [2.75, 3.05) is 46.3 Å². The summed E-state index contributed by atoms with van der Waals surface area (Å²) < 4.78 is 0. The van der Waals surface area contributed by atoms with E-state index in [0.717, 1.165) is 44.7 Å². The van der Waals surface area contributed by atoms with Gasteiger partial charge in [0.15, 0.2) is 5.96 Å². The summed E-state index contributed by atoms with van der Waals surface area (Å²) in [6.07, 6.45) is 5.23. The Balaban J connectivity index is 2.12. The number of carbonyl (C=O) groups is 2. The smallest absolute Gasteiger partial charge is 0.222 e. The van der Waals surface area contributed by atoms with Crippen LogP contribution in [0.1, 0.15) is 59.3 Å². The minimum absolute atomic E-state index is 0.216. The first-order chi connectivity index (χ1) is 13.0. The molecule has 1 heterocycles. The molecule has 0 atom stereocenters. The summed E-state index contributed by atoms with van der Waals surface area (Å²) in [6, 6.07) is 0. The second-order valence-corrected chi connectivity index (χ2v) is 7.60. The third kappa shape index (κ3) is 9.63. The van der Waals surface area contributed by atoms with Crippen molar-refractivity contribution in [3.63, 3.8) is 0 Å². The number of hydrogen-bond acceptors (Lipinski definition) is 3. The Kier molecular flexibility index (Phi) is 11.5. The molecule has 0 radical (unpaired) electrons. The summed E-state index contributed by atoms with van der Waals surface area (Å²) in [5, 5.41) is 6.53. The van der Waals surface area contributed by atoms with E-state index in [-0.39, 0.29) is 11.8 Å². The Labute approximate surface area is 165 Å². The molecule has 0 saturated carbocycles. The second kappa shape index (κ2) is 13.4. The van der Waals surface area contributed by atoms with Gasteiger partial charge in [0.25, 0.3) is 0 Å². The van der Waals surface area contributed by atoms with E-state index < -0.39 is 0 Å². The van der Waals surface area contributed by atoms with Crippen molar-refractivity contribution in [3.8, 4) is 0 Å². The molecule has 1 aliphatic rings. The molecular formula is C20H39N5O2. The normalized spacial score (nSPS) is 15.2. The first-order valence-electron chi connectivity index (χ1n) is 10.5. The first-order valence-corrected chi connectivity index (χ1v) is 10.5. The number of nitrogens with zero attached hydrogens (tertiary/aromatic N) is 3. The highest BCUT2D eigenvalue weighted by molar-refractivity contribution is 5.79. The highest BCUT2D eigenvalue weighted by Gasteiger charge is 2.23. The Morgan fingerprint density at radius 3 is 2.07 bits per heavy atom. The zero-order valence-electron chi connectivity index (χ0n) is 17.7. The lowest BCUT2D eigenvalue weighted by Gasteiger charge is -2.35. The molecule has 0 aromatic heterocycles. The molecule has 0 spiro atoms. The van der Waals surface area contributed by atoms with Gasteiger partial charge in [0.2, 0.25) is 11.8 Å². The Morgan fingerprint density at radius 1 is 0.926 bits per heavy atom. The number of amides is 2. The van der Waals surface area contributed by atoms with Crippen molar-refractivity contribution in [2.45, 2.75) is 59.3 Å². The van der Waals surface area contributed by atoms with Gasteiger partial charge >= 0.3 is 0 Å². The zero-order valence-corrected chi connectivity index (χ0v) is 17.7. The summed E-state index contributed by atoms with van der Waals surface area (Å²) >= 11 is 0. The maximum atomic E-state index is 12.3. The average molecular weight is 382 g/mol. The summed E-state index contributed by atoms with van der Waals surface area (Å²) in [5.41, 5.74) is 0. The Bertz CT molecular complexity index is 471. The fourth-order valence-corrected chi connectivity index (χ4v) is 3.09. The van der Waals surface area contributed by atoms with Crippen molar-refractivity contribution in [1.29, 1.82) is 0 Å². The Hall–Kier alpha value is -1.79. The zero-order chi connectivity index (χ0) is 20.1. The molecule has 1 fully saturated rings. The van der Waals surface area contributed by atoms with E-state index in [1.165, 1.54) is 0 Å². The van der Waals surface area contributed by atoms with E-state index in [2.05, 4.69) is 36.4 Å². The largest absolute Gasteiger partial charge is 0.356 e. The van der Waals surface area contributed by atoms with Crippen LogP contribution >= 0.6 is 0 Å². The molecule has 2 N–H and O–H groups in total. The van der Waals surface area contributed by atoms with Gasteiger partial charge in [-0.05, 0) is 25.2 Å². The number of aliphatic imine (C=N–C) groups is 1. The maximum absolute atomic E-state index is 12.3. The molecule has 0 bridgehead atoms. The lowest BCUT2D eigenvalue weighted by molar-refractivity contribution is -0.140. The number of guanidine groups is 1. The number of unbranched alkanes of at least 4 members (excludes halogenated alkanes) is 2. The number of hydrogen-bond donors (Lipinski definition) is 2. The molecular weight excluding hydrogens is 342 g/mol. The standard InChI is InChI=1S/C20H39N5O2/c1-5-10-22-20(21-4)23-11-8-6-7-9-18(26)24-12-14-25(15-13-24)19(27)16-17(2)3/h17H,5-16H2,1-4H3,(H2,21,22,23). The van der Waals surface area contributed by atoms with Crippen LogP contribution in [0.4, 0.5) is 0 Å². The van der Waals surface area contributed by atoms with Gasteiger partial charge in [0.05, 0.1) is 0 Å². The van der Waals surface area contributed by atoms with Gasteiger partial charge in [-0.25, -0.2) is 0 Å². The van der Waals surface area contributed by atoms with E-state index in [9.17, 15) is 9.59 Å². The van der Waals surface area contributed by atoms with Crippen LogP contribution in [0.2, 0.25) is 0 Å². The minimum Gasteiger partial charge on any atom is -0.356 e. The predicted molar refractivity (Wildman–Crippen MR) is 111 cm³/mol. The quantitative estimate of drug-likeness (QED) is 0.344. The van der Waals surface area contributed by atoms with E-state index in [1.807, 2.05) is 9.80 Å². The van der Waals surface area contributed by atoms with Crippen molar-refractivity contribution < 1.29 is 9.59 Å².